The molecule has 1 aliphatic rings. The van der Waals surface area contributed by atoms with Crippen LogP contribution in [-0.2, 0) is 11.3 Å². The van der Waals surface area contributed by atoms with E-state index in [2.05, 4.69) is 0 Å². The Morgan fingerprint density at radius 3 is 2.58 bits per heavy atom. The zero-order chi connectivity index (χ0) is 23.1. The summed E-state index contributed by atoms with van der Waals surface area (Å²) < 4.78 is 16.9. The Hall–Kier alpha value is -2.93. The number of carbonyl (C=O) groups excluding carboxylic acids is 1. The minimum atomic E-state index is -0.346. The number of thiocarbonyl (C=S) groups is 1. The van der Waals surface area contributed by atoms with Gasteiger partial charge in [-0.2, -0.15) is 0 Å². The number of nitrogens with zero attached hydrogens (tertiary/aromatic N) is 2. The van der Waals surface area contributed by atoms with Crippen LogP contribution in [0, 0.1) is 12.7 Å². The number of anilines is 1. The van der Waals surface area contributed by atoms with Crippen LogP contribution in [0.5, 0.6) is 0 Å². The summed E-state index contributed by atoms with van der Waals surface area (Å²) in [4.78, 5) is 15.3. The topological polar surface area (TPSA) is 25.2 Å². The lowest BCUT2D eigenvalue weighted by Gasteiger charge is -2.14. The van der Waals surface area contributed by atoms with E-state index in [0.29, 0.717) is 19.8 Å². The molecule has 7 heteroatoms. The fourth-order valence-electron chi connectivity index (χ4n) is 3.90. The second-order valence-corrected chi connectivity index (χ2v) is 9.87. The maximum absolute atomic E-state index is 14.4. The van der Waals surface area contributed by atoms with Gasteiger partial charge in [-0.25, -0.2) is 4.39 Å². The minimum absolute atomic E-state index is 0.150. The van der Waals surface area contributed by atoms with E-state index in [1.807, 2.05) is 72.3 Å². The zero-order valence-corrected chi connectivity index (χ0v) is 20.0. The molecule has 2 heterocycles. The van der Waals surface area contributed by atoms with Gasteiger partial charge in [0.25, 0.3) is 5.91 Å². The molecule has 0 aliphatic carbocycles. The number of para-hydroxylation sites is 1. The fourth-order valence-corrected chi connectivity index (χ4v) is 5.41. The number of fused-ring (bicyclic) bond motifs is 1. The molecule has 1 amide bonds. The molecule has 0 unspecified atom stereocenters. The Morgan fingerprint density at radius 1 is 1.06 bits per heavy atom. The average Bonchev–Trinajstić information content (AvgIpc) is 3.28. The van der Waals surface area contributed by atoms with E-state index in [-0.39, 0.29) is 18.3 Å². The van der Waals surface area contributed by atoms with Crippen molar-refractivity contribution in [2.24, 2.45) is 0 Å². The van der Waals surface area contributed by atoms with Gasteiger partial charge in [0.15, 0.2) is 4.32 Å². The summed E-state index contributed by atoms with van der Waals surface area (Å²) in [7, 11) is 0. The first-order valence-electron chi connectivity index (χ1n) is 10.3. The number of hydrogen-bond acceptors (Lipinski definition) is 3. The Bertz CT molecular complexity index is 1420. The average molecular weight is 493 g/mol. The van der Waals surface area contributed by atoms with Gasteiger partial charge in [0, 0.05) is 33.2 Å². The minimum Gasteiger partial charge on any atom is -0.342 e. The third kappa shape index (κ3) is 4.10. The van der Waals surface area contributed by atoms with Crippen LogP contribution in [0.3, 0.4) is 0 Å². The third-order valence-corrected chi connectivity index (χ3v) is 7.24. The van der Waals surface area contributed by atoms with E-state index in [1.165, 1.54) is 17.8 Å². The molecule has 33 heavy (non-hydrogen) atoms. The summed E-state index contributed by atoms with van der Waals surface area (Å²) in [5, 5.41) is 1.35. The number of amides is 1. The Labute approximate surface area is 205 Å². The van der Waals surface area contributed by atoms with Gasteiger partial charge in [0.05, 0.1) is 17.1 Å². The monoisotopic (exact) mass is 492 g/mol. The molecule has 0 N–H and O–H groups in total. The van der Waals surface area contributed by atoms with Gasteiger partial charge in [-0.15, -0.1) is 0 Å². The van der Waals surface area contributed by atoms with E-state index in [0.717, 1.165) is 27.7 Å². The highest BCUT2D eigenvalue weighted by Crippen LogP contribution is 2.37. The van der Waals surface area contributed by atoms with Crippen LogP contribution in [0.15, 0.2) is 77.8 Å². The van der Waals surface area contributed by atoms with Gasteiger partial charge in [0.1, 0.15) is 5.82 Å². The van der Waals surface area contributed by atoms with E-state index in [1.54, 1.807) is 17.0 Å². The summed E-state index contributed by atoms with van der Waals surface area (Å²) in [5.41, 5.74) is 4.09. The van der Waals surface area contributed by atoms with Gasteiger partial charge < -0.3 is 4.57 Å². The number of halogens is 2. The maximum atomic E-state index is 14.4. The second-order valence-electron chi connectivity index (χ2n) is 7.78. The number of thioether (sulfide) groups is 1. The van der Waals surface area contributed by atoms with E-state index in [9.17, 15) is 9.18 Å². The van der Waals surface area contributed by atoms with Gasteiger partial charge >= 0.3 is 0 Å². The standard InChI is InChI=1S/C26H18ClFN2OS2/c1-16-9-11-18(12-10-16)30-25(31)24(33-26(30)32)13-17-14-29(23-8-3-2-5-19(17)23)15-20-21(27)6-4-7-22(20)28/h2-14H,15H2,1H3/b24-13-. The molecule has 3 nitrogen and oxygen atoms in total. The van der Waals surface area contributed by atoms with Crippen molar-refractivity contribution in [1.82, 2.24) is 4.57 Å². The molecule has 1 aliphatic heterocycles. The Kier molecular flexibility index (Phi) is 5.83. The molecule has 164 valence electrons. The molecule has 4 aromatic rings. The van der Waals surface area contributed by atoms with Crippen molar-refractivity contribution in [2.45, 2.75) is 13.5 Å². The smallest absolute Gasteiger partial charge is 0.270 e. The molecule has 5 rings (SSSR count). The predicted molar refractivity (Wildman–Crippen MR) is 139 cm³/mol. The lowest BCUT2D eigenvalue weighted by atomic mass is 10.1. The molecule has 0 saturated carbocycles. The third-order valence-electron chi connectivity index (χ3n) is 5.58. The molecule has 1 aromatic heterocycles. The number of carbonyl (C=O) groups is 1. The van der Waals surface area contributed by atoms with Gasteiger partial charge in [-0.1, -0.05) is 77.5 Å². The summed E-state index contributed by atoms with van der Waals surface area (Å²) in [6.45, 7) is 2.28. The zero-order valence-electron chi connectivity index (χ0n) is 17.6. The molecular weight excluding hydrogens is 475 g/mol. The number of rotatable bonds is 4. The van der Waals surface area contributed by atoms with Gasteiger partial charge in [0.2, 0.25) is 0 Å². The van der Waals surface area contributed by atoms with Crippen molar-refractivity contribution in [2.75, 3.05) is 4.90 Å². The fraction of sp³-hybridized carbons (Fsp3) is 0.0769. The molecule has 1 fully saturated rings. The van der Waals surface area contributed by atoms with E-state index >= 15 is 0 Å². The summed E-state index contributed by atoms with van der Waals surface area (Å²) in [6, 6.07) is 20.2. The molecule has 0 atom stereocenters. The molecule has 1 saturated heterocycles. The number of aromatic nitrogens is 1. The van der Waals surface area contributed by atoms with Crippen LogP contribution in [0.25, 0.3) is 17.0 Å². The number of hydrogen-bond donors (Lipinski definition) is 0. The Balaban J connectivity index is 1.54. The van der Waals surface area contributed by atoms with E-state index < -0.39 is 0 Å². The summed E-state index contributed by atoms with van der Waals surface area (Å²) in [5.74, 6) is -0.497. The van der Waals surface area contributed by atoms with Gasteiger partial charge in [-0.3, -0.25) is 9.69 Å². The largest absolute Gasteiger partial charge is 0.342 e. The van der Waals surface area contributed by atoms with Crippen molar-refractivity contribution in [3.05, 3.63) is 105 Å². The predicted octanol–water partition coefficient (Wildman–Crippen LogP) is 7.20. The summed E-state index contributed by atoms with van der Waals surface area (Å²) in [6.07, 6.45) is 3.78. The lowest BCUT2D eigenvalue weighted by Crippen LogP contribution is -2.27. The van der Waals surface area contributed by atoms with Crippen molar-refractivity contribution in [3.63, 3.8) is 0 Å². The van der Waals surface area contributed by atoms with Crippen molar-refractivity contribution < 1.29 is 9.18 Å². The van der Waals surface area contributed by atoms with Crippen LogP contribution in [0.1, 0.15) is 16.7 Å². The molecule has 0 radical (unpaired) electrons. The molecule has 0 bridgehead atoms. The van der Waals surface area contributed by atoms with Crippen molar-refractivity contribution in [1.29, 1.82) is 0 Å². The number of aryl methyl sites for hydroxylation is 1. The highest BCUT2D eigenvalue weighted by molar-refractivity contribution is 8.27. The first kappa shape index (κ1) is 21.9. The van der Waals surface area contributed by atoms with Crippen LogP contribution in [-0.4, -0.2) is 14.8 Å². The summed E-state index contributed by atoms with van der Waals surface area (Å²) >= 11 is 13.0. The van der Waals surface area contributed by atoms with E-state index in [4.69, 9.17) is 23.8 Å². The normalized spacial score (nSPS) is 15.2. The highest BCUT2D eigenvalue weighted by Gasteiger charge is 2.33. The highest BCUT2D eigenvalue weighted by atomic mass is 35.5. The SMILES string of the molecule is Cc1ccc(N2C(=O)/C(=C/c3cn(Cc4c(F)cccc4Cl)c4ccccc34)SC2=S)cc1. The molecule has 3 aromatic carbocycles. The van der Waals surface area contributed by atoms with Crippen molar-refractivity contribution in [3.8, 4) is 0 Å². The van der Waals surface area contributed by atoms with Crippen LogP contribution in [0.2, 0.25) is 5.02 Å². The van der Waals surface area contributed by atoms with Gasteiger partial charge in [-0.05, 0) is 43.3 Å². The number of benzene rings is 3. The second kappa shape index (κ2) is 8.78. The lowest BCUT2D eigenvalue weighted by molar-refractivity contribution is -0.113. The Morgan fingerprint density at radius 2 is 1.82 bits per heavy atom. The van der Waals surface area contributed by atoms with Crippen LogP contribution >= 0.6 is 35.6 Å². The van der Waals surface area contributed by atoms with Crippen molar-refractivity contribution >= 4 is 68.5 Å². The quantitative estimate of drug-likeness (QED) is 0.222. The molecular formula is C26H18ClFN2OS2. The molecule has 0 spiro atoms. The van der Waals surface area contributed by atoms with Crippen LogP contribution < -0.4 is 4.90 Å². The first-order chi connectivity index (χ1) is 15.9. The maximum Gasteiger partial charge on any atom is 0.270 e. The first-order valence-corrected chi connectivity index (χ1v) is 11.9. The van der Waals surface area contributed by atoms with Crippen LogP contribution in [0.4, 0.5) is 10.1 Å².